The molecular formula is C24H27NO5S. The number of thiazole rings is 1. The summed E-state index contributed by atoms with van der Waals surface area (Å²) < 4.78 is 12.5. The second-order valence-electron chi connectivity index (χ2n) is 8.48. The molecule has 0 fully saturated rings. The van der Waals surface area contributed by atoms with Crippen molar-refractivity contribution in [3.63, 3.8) is 0 Å². The van der Waals surface area contributed by atoms with Gasteiger partial charge in [-0.2, -0.15) is 0 Å². The van der Waals surface area contributed by atoms with Crippen molar-refractivity contribution in [1.29, 1.82) is 0 Å². The van der Waals surface area contributed by atoms with Crippen LogP contribution in [0.2, 0.25) is 0 Å². The van der Waals surface area contributed by atoms with E-state index in [2.05, 4.69) is 11.9 Å². The minimum absolute atomic E-state index is 0.0629. The van der Waals surface area contributed by atoms with Crippen LogP contribution in [0.5, 0.6) is 23.1 Å². The highest BCUT2D eigenvalue weighted by molar-refractivity contribution is 7.09. The molecule has 0 saturated carbocycles. The predicted molar refractivity (Wildman–Crippen MR) is 121 cm³/mol. The number of H-pyrrole nitrogens is 1. The summed E-state index contributed by atoms with van der Waals surface area (Å²) in [6.07, 6.45) is 2.11. The molecule has 164 valence electrons. The summed E-state index contributed by atoms with van der Waals surface area (Å²) in [5.74, 6) is 1.90. The Morgan fingerprint density at radius 3 is 2.48 bits per heavy atom. The average Bonchev–Trinajstić information content (AvgIpc) is 3.06. The number of aromatic nitrogens is 1. The number of hydrogen-bond donors (Lipinski definition) is 3. The Balaban J connectivity index is 1.44. The minimum atomic E-state index is -0.463. The number of phenolic OH excluding ortho intramolecular Hbond substituents is 1. The standard InChI is InChI=1S/C24H27NO5S/c1-13-14(2)21-18(15(3)20(13)26)9-10-24(4,30-21)12-29-17-7-5-16(6-8-17)11-19-22(27)25-23(28)31-19/h5-8,26-27H,9-12H2,1-4H3,(H,25,28)/t24-/m1/s1. The van der Waals surface area contributed by atoms with Crippen LogP contribution in [0.3, 0.4) is 0 Å². The van der Waals surface area contributed by atoms with Gasteiger partial charge in [-0.15, -0.1) is 0 Å². The quantitative estimate of drug-likeness (QED) is 0.541. The van der Waals surface area contributed by atoms with Gasteiger partial charge in [0, 0.05) is 12.0 Å². The van der Waals surface area contributed by atoms with E-state index in [1.807, 2.05) is 45.0 Å². The molecule has 0 radical (unpaired) electrons. The smallest absolute Gasteiger partial charge is 0.307 e. The van der Waals surface area contributed by atoms with Crippen LogP contribution in [0.15, 0.2) is 29.1 Å². The van der Waals surface area contributed by atoms with E-state index in [0.29, 0.717) is 23.7 Å². The van der Waals surface area contributed by atoms with Crippen LogP contribution in [0.1, 0.15) is 46.0 Å². The molecule has 0 amide bonds. The van der Waals surface area contributed by atoms with Crippen LogP contribution in [-0.2, 0) is 12.8 Å². The van der Waals surface area contributed by atoms with E-state index >= 15 is 0 Å². The van der Waals surface area contributed by atoms with Gasteiger partial charge in [0.15, 0.2) is 0 Å². The lowest BCUT2D eigenvalue weighted by Gasteiger charge is -2.37. The molecule has 0 saturated heterocycles. The maximum absolute atomic E-state index is 11.3. The Morgan fingerprint density at radius 1 is 1.13 bits per heavy atom. The third kappa shape index (κ3) is 4.14. The number of rotatable bonds is 5. The first kappa shape index (κ1) is 21.3. The number of aromatic amines is 1. The number of benzene rings is 2. The summed E-state index contributed by atoms with van der Waals surface area (Å²) in [5.41, 5.74) is 4.33. The predicted octanol–water partition coefficient (Wildman–Crippen LogP) is 4.53. The van der Waals surface area contributed by atoms with Crippen molar-refractivity contribution in [1.82, 2.24) is 4.98 Å². The van der Waals surface area contributed by atoms with E-state index in [0.717, 1.165) is 63.5 Å². The van der Waals surface area contributed by atoms with Gasteiger partial charge in [-0.25, -0.2) is 0 Å². The van der Waals surface area contributed by atoms with Crippen molar-refractivity contribution >= 4 is 11.3 Å². The molecule has 3 aromatic rings. The minimum Gasteiger partial charge on any atom is -0.507 e. The van der Waals surface area contributed by atoms with Crippen LogP contribution in [-0.4, -0.2) is 27.4 Å². The summed E-state index contributed by atoms with van der Waals surface area (Å²) in [7, 11) is 0. The molecule has 1 aliphatic rings. The molecule has 1 atom stereocenters. The highest BCUT2D eigenvalue weighted by atomic mass is 32.1. The molecule has 0 unspecified atom stereocenters. The second-order valence-corrected chi connectivity index (χ2v) is 9.55. The zero-order valence-electron chi connectivity index (χ0n) is 18.2. The number of ether oxygens (including phenoxy) is 2. The van der Waals surface area contributed by atoms with E-state index in [4.69, 9.17) is 9.47 Å². The normalized spacial score (nSPS) is 17.8. The Bertz CT molecular complexity index is 1180. The topological polar surface area (TPSA) is 91.8 Å². The lowest BCUT2D eigenvalue weighted by atomic mass is 9.87. The first-order valence-corrected chi connectivity index (χ1v) is 11.1. The molecular weight excluding hydrogens is 414 g/mol. The van der Waals surface area contributed by atoms with Crippen LogP contribution >= 0.6 is 11.3 Å². The van der Waals surface area contributed by atoms with Crippen molar-refractivity contribution in [3.8, 4) is 23.1 Å². The molecule has 6 nitrogen and oxygen atoms in total. The van der Waals surface area contributed by atoms with Crippen LogP contribution in [0.4, 0.5) is 0 Å². The number of phenols is 1. The van der Waals surface area contributed by atoms with Crippen molar-refractivity contribution in [2.75, 3.05) is 6.61 Å². The molecule has 1 aromatic heterocycles. The lowest BCUT2D eigenvalue weighted by Crippen LogP contribution is -2.42. The third-order valence-electron chi connectivity index (χ3n) is 6.13. The summed E-state index contributed by atoms with van der Waals surface area (Å²) in [5, 5.41) is 20.1. The molecule has 0 aliphatic carbocycles. The van der Waals surface area contributed by atoms with Gasteiger partial charge >= 0.3 is 4.87 Å². The highest BCUT2D eigenvalue weighted by Crippen LogP contribution is 2.43. The SMILES string of the molecule is Cc1c(C)c2c(c(C)c1O)CC[C@](C)(COc1ccc(Cc3sc(=O)[nH]c3O)cc1)O2. The van der Waals surface area contributed by atoms with E-state index in [-0.39, 0.29) is 10.8 Å². The molecule has 0 bridgehead atoms. The average molecular weight is 442 g/mol. The summed E-state index contributed by atoms with van der Waals surface area (Å²) in [6.45, 7) is 8.30. The van der Waals surface area contributed by atoms with E-state index in [1.165, 1.54) is 0 Å². The van der Waals surface area contributed by atoms with Crippen molar-refractivity contribution in [2.45, 2.75) is 52.6 Å². The zero-order chi connectivity index (χ0) is 22.3. The molecule has 3 N–H and O–H groups in total. The Hall–Kier alpha value is -2.93. The fourth-order valence-corrected chi connectivity index (χ4v) is 4.75. The van der Waals surface area contributed by atoms with Gasteiger partial charge in [0.2, 0.25) is 5.88 Å². The largest absolute Gasteiger partial charge is 0.507 e. The first-order chi connectivity index (χ1) is 14.7. The number of fused-ring (bicyclic) bond motifs is 1. The van der Waals surface area contributed by atoms with E-state index < -0.39 is 5.60 Å². The van der Waals surface area contributed by atoms with E-state index in [9.17, 15) is 15.0 Å². The van der Waals surface area contributed by atoms with Gasteiger partial charge in [0.1, 0.15) is 29.5 Å². The molecule has 31 heavy (non-hydrogen) atoms. The third-order valence-corrected chi connectivity index (χ3v) is 7.00. The van der Waals surface area contributed by atoms with Gasteiger partial charge in [-0.05, 0) is 74.9 Å². The second kappa shape index (κ2) is 7.96. The van der Waals surface area contributed by atoms with E-state index in [1.54, 1.807) is 0 Å². The van der Waals surface area contributed by atoms with Gasteiger partial charge < -0.3 is 19.7 Å². The van der Waals surface area contributed by atoms with Gasteiger partial charge in [-0.3, -0.25) is 9.78 Å². The maximum Gasteiger partial charge on any atom is 0.307 e. The molecule has 2 heterocycles. The molecule has 4 rings (SSSR count). The zero-order valence-corrected chi connectivity index (χ0v) is 19.0. The fraction of sp³-hybridized carbons (Fsp3) is 0.375. The Morgan fingerprint density at radius 2 is 1.84 bits per heavy atom. The highest BCUT2D eigenvalue weighted by Gasteiger charge is 2.35. The van der Waals surface area contributed by atoms with Gasteiger partial charge in [0.05, 0.1) is 4.88 Å². The van der Waals surface area contributed by atoms with Gasteiger partial charge in [0.25, 0.3) is 0 Å². The molecule has 1 aliphatic heterocycles. The van der Waals surface area contributed by atoms with Crippen molar-refractivity contribution < 1.29 is 19.7 Å². The number of hydrogen-bond acceptors (Lipinski definition) is 6. The first-order valence-electron chi connectivity index (χ1n) is 10.3. The lowest BCUT2D eigenvalue weighted by molar-refractivity contribution is 0.0166. The maximum atomic E-state index is 11.3. The van der Waals surface area contributed by atoms with Crippen LogP contribution in [0, 0.1) is 20.8 Å². The monoisotopic (exact) mass is 441 g/mol. The van der Waals surface area contributed by atoms with Crippen molar-refractivity contribution in [2.24, 2.45) is 0 Å². The van der Waals surface area contributed by atoms with Gasteiger partial charge in [-0.1, -0.05) is 23.5 Å². The number of nitrogens with one attached hydrogen (secondary N) is 1. The van der Waals surface area contributed by atoms with Crippen LogP contribution in [0.25, 0.3) is 0 Å². The Labute approximate surface area is 185 Å². The molecule has 2 aromatic carbocycles. The summed E-state index contributed by atoms with van der Waals surface area (Å²) >= 11 is 1.02. The summed E-state index contributed by atoms with van der Waals surface area (Å²) in [6, 6.07) is 7.63. The summed E-state index contributed by atoms with van der Waals surface area (Å²) in [4.78, 5) is 14.1. The van der Waals surface area contributed by atoms with Crippen LogP contribution < -0.4 is 14.3 Å². The fourth-order valence-electron chi connectivity index (χ4n) is 3.99. The molecule has 7 heteroatoms. The van der Waals surface area contributed by atoms with Crippen molar-refractivity contribution in [3.05, 3.63) is 66.6 Å². The number of aromatic hydroxyl groups is 2. The molecule has 0 spiro atoms. The Kier molecular flexibility index (Phi) is 5.47.